The topological polar surface area (TPSA) is 23.6 Å². The summed E-state index contributed by atoms with van der Waals surface area (Å²) in [6.45, 7) is 6.27. The average molecular weight is 302 g/mol. The van der Waals surface area contributed by atoms with Gasteiger partial charge in [0, 0.05) is 14.1 Å². The van der Waals surface area contributed by atoms with Crippen LogP contribution in [0.15, 0.2) is 24.3 Å². The third-order valence-electron chi connectivity index (χ3n) is 5.19. The lowest BCUT2D eigenvalue weighted by atomic mass is 9.73. The monoisotopic (exact) mass is 302 g/mol. The lowest BCUT2D eigenvalue weighted by molar-refractivity contribution is -0.130. The number of carbonyl (C=O) groups is 1. The van der Waals surface area contributed by atoms with Gasteiger partial charge < -0.3 is 9.80 Å². The van der Waals surface area contributed by atoms with Gasteiger partial charge in [-0.3, -0.25) is 4.79 Å². The predicted molar refractivity (Wildman–Crippen MR) is 92.3 cm³/mol. The van der Waals surface area contributed by atoms with Crippen molar-refractivity contribution in [3.63, 3.8) is 0 Å². The van der Waals surface area contributed by atoms with Gasteiger partial charge in [0.1, 0.15) is 0 Å². The molecule has 0 bridgehead atoms. The molecule has 3 rings (SSSR count). The first kappa shape index (κ1) is 17.0. The van der Waals surface area contributed by atoms with E-state index in [-0.39, 0.29) is 17.2 Å². The van der Waals surface area contributed by atoms with Crippen LogP contribution in [0.25, 0.3) is 0 Å². The Kier molecular flexibility index (Phi) is 5.28. The molecule has 1 aromatic rings. The molecule has 1 atom stereocenters. The van der Waals surface area contributed by atoms with Gasteiger partial charge in [-0.1, -0.05) is 38.1 Å². The summed E-state index contributed by atoms with van der Waals surface area (Å²) >= 11 is 0. The van der Waals surface area contributed by atoms with Gasteiger partial charge in [-0.25, -0.2) is 0 Å². The van der Waals surface area contributed by atoms with E-state index in [9.17, 15) is 4.79 Å². The molecule has 1 unspecified atom stereocenters. The lowest BCUT2D eigenvalue weighted by Crippen LogP contribution is -2.40. The summed E-state index contributed by atoms with van der Waals surface area (Å²) in [6, 6.07) is 8.61. The zero-order valence-electron chi connectivity index (χ0n) is 14.7. The third-order valence-corrected chi connectivity index (χ3v) is 5.19. The van der Waals surface area contributed by atoms with Crippen LogP contribution in [0.5, 0.6) is 0 Å². The first-order valence-electron chi connectivity index (χ1n) is 8.53. The molecule has 1 fully saturated rings. The van der Waals surface area contributed by atoms with Crippen molar-refractivity contribution in [2.24, 2.45) is 0 Å². The summed E-state index contributed by atoms with van der Waals surface area (Å²) in [5.74, 6) is 0.317. The van der Waals surface area contributed by atoms with E-state index >= 15 is 0 Å². The highest BCUT2D eigenvalue weighted by Crippen LogP contribution is 2.51. The summed E-state index contributed by atoms with van der Waals surface area (Å²) in [7, 11) is 5.92. The molecule has 1 aromatic carbocycles. The van der Waals surface area contributed by atoms with E-state index in [0.717, 1.165) is 19.5 Å². The fourth-order valence-corrected chi connectivity index (χ4v) is 3.95. The van der Waals surface area contributed by atoms with Crippen molar-refractivity contribution in [1.29, 1.82) is 0 Å². The molecule has 1 heterocycles. The number of likely N-dealkylation sites (tertiary alicyclic amines) is 1. The summed E-state index contributed by atoms with van der Waals surface area (Å²) in [6.07, 6.45) is 3.35. The van der Waals surface area contributed by atoms with E-state index in [1.165, 1.54) is 24.0 Å². The maximum absolute atomic E-state index is 12.5. The number of fused-ring (bicyclic) bond motifs is 2. The zero-order valence-corrected chi connectivity index (χ0v) is 14.7. The fourth-order valence-electron chi connectivity index (χ4n) is 3.95. The third kappa shape index (κ3) is 2.91. The molecule has 3 nitrogen and oxygen atoms in total. The van der Waals surface area contributed by atoms with E-state index in [0.29, 0.717) is 0 Å². The summed E-state index contributed by atoms with van der Waals surface area (Å²) in [4.78, 5) is 16.7. The van der Waals surface area contributed by atoms with Crippen LogP contribution in [-0.2, 0) is 10.2 Å². The molecule has 3 heteroatoms. The summed E-state index contributed by atoms with van der Waals surface area (Å²) in [5.41, 5.74) is 2.95. The molecule has 1 saturated heterocycles. The Labute approximate surface area is 135 Å². The average Bonchev–Trinajstić information content (AvgIpc) is 2.87. The Balaban J connectivity index is 0.000000847. The largest absolute Gasteiger partial charge is 0.348 e. The molecular weight excluding hydrogens is 272 g/mol. The second kappa shape index (κ2) is 6.82. The quantitative estimate of drug-likeness (QED) is 0.795. The van der Waals surface area contributed by atoms with E-state index in [1.54, 1.807) is 4.90 Å². The Morgan fingerprint density at radius 2 is 1.77 bits per heavy atom. The SMILES string of the molecule is CC.CN1CCC2(CC1)CC(C(=O)N(C)C)c1ccccc12. The van der Waals surface area contributed by atoms with Gasteiger partial charge in [0.05, 0.1) is 5.92 Å². The molecule has 1 aliphatic heterocycles. The number of benzene rings is 1. The van der Waals surface area contributed by atoms with Crippen LogP contribution < -0.4 is 0 Å². The van der Waals surface area contributed by atoms with E-state index in [1.807, 2.05) is 27.9 Å². The Morgan fingerprint density at radius 1 is 1.18 bits per heavy atom. The van der Waals surface area contributed by atoms with Crippen molar-refractivity contribution in [1.82, 2.24) is 9.80 Å². The van der Waals surface area contributed by atoms with E-state index in [2.05, 4.69) is 36.2 Å². The molecule has 0 radical (unpaired) electrons. The van der Waals surface area contributed by atoms with Crippen LogP contribution in [0, 0.1) is 0 Å². The highest BCUT2D eigenvalue weighted by atomic mass is 16.2. The number of nitrogens with zero attached hydrogens (tertiary/aromatic N) is 2. The maximum Gasteiger partial charge on any atom is 0.229 e. The number of carbonyl (C=O) groups excluding carboxylic acids is 1. The van der Waals surface area contributed by atoms with Crippen molar-refractivity contribution in [2.45, 2.75) is 44.4 Å². The van der Waals surface area contributed by atoms with Crippen molar-refractivity contribution >= 4 is 5.91 Å². The van der Waals surface area contributed by atoms with Crippen molar-refractivity contribution in [2.75, 3.05) is 34.2 Å². The fraction of sp³-hybridized carbons (Fsp3) is 0.632. The molecule has 1 aliphatic carbocycles. The van der Waals surface area contributed by atoms with Crippen molar-refractivity contribution in [3.8, 4) is 0 Å². The first-order chi connectivity index (χ1) is 10.5. The normalized spacial score (nSPS) is 22.7. The Hall–Kier alpha value is -1.35. The van der Waals surface area contributed by atoms with Gasteiger partial charge >= 0.3 is 0 Å². The van der Waals surface area contributed by atoms with Gasteiger partial charge in [0.2, 0.25) is 5.91 Å². The van der Waals surface area contributed by atoms with Crippen LogP contribution in [-0.4, -0.2) is 49.9 Å². The number of rotatable bonds is 1. The van der Waals surface area contributed by atoms with Crippen LogP contribution in [0.4, 0.5) is 0 Å². The van der Waals surface area contributed by atoms with E-state index < -0.39 is 0 Å². The maximum atomic E-state index is 12.5. The minimum atomic E-state index is 0.0598. The molecule has 0 N–H and O–H groups in total. The number of likely N-dealkylation sites (N-methyl/N-ethyl adjacent to an activating group) is 1. The second-order valence-electron chi connectivity index (χ2n) is 6.66. The Bertz CT molecular complexity index is 516. The van der Waals surface area contributed by atoms with Gasteiger partial charge in [0.25, 0.3) is 0 Å². The number of hydrogen-bond donors (Lipinski definition) is 0. The second-order valence-corrected chi connectivity index (χ2v) is 6.66. The van der Waals surface area contributed by atoms with Gasteiger partial charge in [0.15, 0.2) is 0 Å². The first-order valence-corrected chi connectivity index (χ1v) is 8.53. The number of amides is 1. The highest BCUT2D eigenvalue weighted by molar-refractivity contribution is 5.85. The molecule has 0 aromatic heterocycles. The minimum Gasteiger partial charge on any atom is -0.348 e. The molecule has 0 saturated carbocycles. The smallest absolute Gasteiger partial charge is 0.229 e. The molecular formula is C19H30N2O. The Morgan fingerprint density at radius 3 is 2.36 bits per heavy atom. The van der Waals surface area contributed by atoms with Crippen LogP contribution in [0.2, 0.25) is 0 Å². The molecule has 22 heavy (non-hydrogen) atoms. The van der Waals surface area contributed by atoms with Crippen LogP contribution >= 0.6 is 0 Å². The van der Waals surface area contributed by atoms with Gasteiger partial charge in [-0.15, -0.1) is 0 Å². The van der Waals surface area contributed by atoms with Crippen molar-refractivity contribution < 1.29 is 4.79 Å². The lowest BCUT2D eigenvalue weighted by Gasteiger charge is -2.39. The van der Waals surface area contributed by atoms with E-state index in [4.69, 9.17) is 0 Å². The predicted octanol–water partition coefficient (Wildman–Crippen LogP) is 3.25. The van der Waals surface area contributed by atoms with Gasteiger partial charge in [-0.2, -0.15) is 0 Å². The number of hydrogen-bond acceptors (Lipinski definition) is 2. The highest BCUT2D eigenvalue weighted by Gasteiger charge is 2.47. The van der Waals surface area contributed by atoms with Crippen molar-refractivity contribution in [3.05, 3.63) is 35.4 Å². The van der Waals surface area contributed by atoms with Gasteiger partial charge in [-0.05, 0) is 55.9 Å². The number of piperidine rings is 1. The standard InChI is InChI=1S/C17H24N2O.C2H6/c1-18(2)16(20)14-12-17(8-10-19(3)11-9-17)15-7-5-4-6-13(14)15;1-2/h4-7,14H,8-12H2,1-3H3;1-2H3. The molecule has 1 amide bonds. The molecule has 1 spiro atoms. The summed E-state index contributed by atoms with van der Waals surface area (Å²) < 4.78 is 0. The van der Waals surface area contributed by atoms with Crippen LogP contribution in [0.1, 0.15) is 50.2 Å². The molecule has 122 valence electrons. The molecule has 2 aliphatic rings. The van der Waals surface area contributed by atoms with Crippen LogP contribution in [0.3, 0.4) is 0 Å². The summed E-state index contributed by atoms with van der Waals surface area (Å²) in [5, 5.41) is 0. The zero-order chi connectivity index (χ0) is 16.3. The minimum absolute atomic E-state index is 0.0598.